The molecule has 0 spiro atoms. The largest absolute Gasteiger partial charge is 0.502 e. The molecule has 1 unspecified atom stereocenters. The van der Waals surface area contributed by atoms with Gasteiger partial charge in [-0.3, -0.25) is 14.4 Å². The van der Waals surface area contributed by atoms with E-state index in [0.717, 1.165) is 0 Å². The topological polar surface area (TPSA) is 117 Å². The highest BCUT2D eigenvalue weighted by Gasteiger charge is 2.21. The second-order valence-electron chi connectivity index (χ2n) is 5.74. The standard InChI is InChI=1S/C19H15NO6/c1-10(19(24)25)18(23)20-12-7-8-14-13(9-12)15(21)16(22)17(26-14)11-5-3-2-4-6-11/h2-10,22H,1H3,(H,20,23)(H,24,25). The van der Waals surface area contributed by atoms with Gasteiger partial charge in [0.15, 0.2) is 5.76 Å². The summed E-state index contributed by atoms with van der Waals surface area (Å²) in [7, 11) is 0. The van der Waals surface area contributed by atoms with Gasteiger partial charge in [0, 0.05) is 11.3 Å². The number of carbonyl (C=O) groups excluding carboxylic acids is 1. The molecule has 2 aromatic carbocycles. The number of benzene rings is 2. The lowest BCUT2D eigenvalue weighted by molar-refractivity contribution is -0.144. The third kappa shape index (κ3) is 3.14. The molecule has 0 saturated heterocycles. The fourth-order valence-corrected chi connectivity index (χ4v) is 2.41. The molecule has 0 radical (unpaired) electrons. The van der Waals surface area contributed by atoms with Crippen LogP contribution >= 0.6 is 0 Å². The highest BCUT2D eigenvalue weighted by Crippen LogP contribution is 2.30. The Bertz CT molecular complexity index is 1050. The van der Waals surface area contributed by atoms with Crippen molar-refractivity contribution >= 4 is 28.5 Å². The zero-order chi connectivity index (χ0) is 18.8. The van der Waals surface area contributed by atoms with E-state index < -0.39 is 29.0 Å². The van der Waals surface area contributed by atoms with E-state index in [-0.39, 0.29) is 22.4 Å². The monoisotopic (exact) mass is 353 g/mol. The van der Waals surface area contributed by atoms with Crippen molar-refractivity contribution in [2.45, 2.75) is 6.92 Å². The molecule has 7 heteroatoms. The van der Waals surface area contributed by atoms with Gasteiger partial charge in [-0.15, -0.1) is 0 Å². The number of amides is 1. The van der Waals surface area contributed by atoms with Crippen LogP contribution < -0.4 is 10.7 Å². The molecule has 3 rings (SSSR count). The first-order valence-electron chi connectivity index (χ1n) is 7.77. The van der Waals surface area contributed by atoms with Crippen LogP contribution in [0, 0.1) is 5.92 Å². The van der Waals surface area contributed by atoms with Crippen LogP contribution in [0.25, 0.3) is 22.3 Å². The molecule has 0 bridgehead atoms. The van der Waals surface area contributed by atoms with Crippen molar-refractivity contribution < 1.29 is 24.2 Å². The number of anilines is 1. The average Bonchev–Trinajstić information content (AvgIpc) is 2.64. The molecule has 1 amide bonds. The van der Waals surface area contributed by atoms with Crippen LogP contribution in [0.1, 0.15) is 6.92 Å². The van der Waals surface area contributed by atoms with E-state index in [9.17, 15) is 19.5 Å². The fourth-order valence-electron chi connectivity index (χ4n) is 2.41. The number of carbonyl (C=O) groups is 2. The SMILES string of the molecule is CC(C(=O)O)C(=O)Nc1ccc2oc(-c3ccccc3)c(O)c(=O)c2c1. The number of carboxylic acid groups (broad SMARTS) is 1. The molecule has 1 atom stereocenters. The second-order valence-corrected chi connectivity index (χ2v) is 5.74. The Kier molecular flexibility index (Phi) is 4.45. The molecule has 0 aliphatic carbocycles. The lowest BCUT2D eigenvalue weighted by Gasteiger charge is -2.10. The summed E-state index contributed by atoms with van der Waals surface area (Å²) in [6.07, 6.45) is 0. The molecule has 0 fully saturated rings. The number of aliphatic carboxylic acids is 1. The van der Waals surface area contributed by atoms with Gasteiger partial charge in [-0.25, -0.2) is 0 Å². The summed E-state index contributed by atoms with van der Waals surface area (Å²) in [6.45, 7) is 1.25. The van der Waals surface area contributed by atoms with Crippen molar-refractivity contribution in [1.29, 1.82) is 0 Å². The minimum absolute atomic E-state index is 0.0550. The average molecular weight is 353 g/mol. The van der Waals surface area contributed by atoms with E-state index in [0.29, 0.717) is 5.56 Å². The van der Waals surface area contributed by atoms with Crippen LogP contribution in [0.4, 0.5) is 5.69 Å². The van der Waals surface area contributed by atoms with Gasteiger partial charge in [0.2, 0.25) is 17.1 Å². The zero-order valence-electron chi connectivity index (χ0n) is 13.7. The van der Waals surface area contributed by atoms with Gasteiger partial charge >= 0.3 is 5.97 Å². The highest BCUT2D eigenvalue weighted by atomic mass is 16.4. The summed E-state index contributed by atoms with van der Waals surface area (Å²) in [5, 5.41) is 21.6. The Balaban J connectivity index is 2.04. The summed E-state index contributed by atoms with van der Waals surface area (Å²) in [4.78, 5) is 35.2. The van der Waals surface area contributed by atoms with Crippen LogP contribution in [-0.2, 0) is 9.59 Å². The Morgan fingerprint density at radius 1 is 1.12 bits per heavy atom. The van der Waals surface area contributed by atoms with E-state index in [4.69, 9.17) is 9.52 Å². The Morgan fingerprint density at radius 2 is 1.81 bits per heavy atom. The van der Waals surface area contributed by atoms with E-state index >= 15 is 0 Å². The van der Waals surface area contributed by atoms with E-state index in [1.807, 2.05) is 0 Å². The molecule has 0 aliphatic rings. The summed E-state index contributed by atoms with van der Waals surface area (Å²) in [5.41, 5.74) is 0.370. The molecule has 132 valence electrons. The first-order valence-corrected chi connectivity index (χ1v) is 7.77. The third-order valence-corrected chi connectivity index (χ3v) is 3.93. The van der Waals surface area contributed by atoms with Gasteiger partial charge < -0.3 is 19.9 Å². The third-order valence-electron chi connectivity index (χ3n) is 3.93. The molecule has 0 aliphatic heterocycles. The molecular formula is C19H15NO6. The van der Waals surface area contributed by atoms with Crippen LogP contribution in [0.2, 0.25) is 0 Å². The van der Waals surface area contributed by atoms with E-state index in [1.54, 1.807) is 30.3 Å². The summed E-state index contributed by atoms with van der Waals surface area (Å²) in [5.74, 6) is -3.69. The van der Waals surface area contributed by atoms with E-state index in [1.165, 1.54) is 25.1 Å². The molecule has 3 aromatic rings. The Morgan fingerprint density at radius 3 is 2.46 bits per heavy atom. The minimum Gasteiger partial charge on any atom is -0.502 e. The normalized spacial score (nSPS) is 11.9. The lowest BCUT2D eigenvalue weighted by atomic mass is 10.1. The van der Waals surface area contributed by atoms with Crippen molar-refractivity contribution in [2.75, 3.05) is 5.32 Å². The molecular weight excluding hydrogens is 338 g/mol. The number of carboxylic acids is 1. The summed E-state index contributed by atoms with van der Waals surface area (Å²) >= 11 is 0. The number of aromatic hydroxyl groups is 1. The van der Waals surface area contributed by atoms with Crippen molar-refractivity contribution in [3.63, 3.8) is 0 Å². The highest BCUT2D eigenvalue weighted by molar-refractivity contribution is 6.04. The van der Waals surface area contributed by atoms with Gasteiger partial charge in [-0.2, -0.15) is 0 Å². The number of rotatable bonds is 4. The molecule has 1 heterocycles. The van der Waals surface area contributed by atoms with Crippen LogP contribution in [0.5, 0.6) is 5.75 Å². The second kappa shape index (κ2) is 6.72. The predicted molar refractivity (Wildman–Crippen MR) is 95.0 cm³/mol. The summed E-state index contributed by atoms with van der Waals surface area (Å²) < 4.78 is 5.65. The smallest absolute Gasteiger partial charge is 0.315 e. The lowest BCUT2D eigenvalue weighted by Crippen LogP contribution is -2.26. The first-order chi connectivity index (χ1) is 12.4. The van der Waals surface area contributed by atoms with Crippen molar-refractivity contribution in [1.82, 2.24) is 0 Å². The van der Waals surface area contributed by atoms with Gasteiger partial charge in [-0.05, 0) is 25.1 Å². The molecule has 3 N–H and O–H groups in total. The maximum Gasteiger partial charge on any atom is 0.315 e. The van der Waals surface area contributed by atoms with E-state index in [2.05, 4.69) is 5.32 Å². The van der Waals surface area contributed by atoms with Crippen molar-refractivity contribution in [2.24, 2.45) is 5.92 Å². The maximum absolute atomic E-state index is 12.5. The molecule has 7 nitrogen and oxygen atoms in total. The first kappa shape index (κ1) is 17.2. The Hall–Kier alpha value is -3.61. The molecule has 26 heavy (non-hydrogen) atoms. The molecule has 0 saturated carbocycles. The van der Waals surface area contributed by atoms with Gasteiger partial charge in [-0.1, -0.05) is 30.3 Å². The van der Waals surface area contributed by atoms with Crippen LogP contribution in [-0.4, -0.2) is 22.1 Å². The van der Waals surface area contributed by atoms with Gasteiger partial charge in [0.1, 0.15) is 11.5 Å². The quantitative estimate of drug-likeness (QED) is 0.621. The van der Waals surface area contributed by atoms with Gasteiger partial charge in [0.25, 0.3) is 0 Å². The predicted octanol–water partition coefficient (Wildman–Crippen LogP) is 2.82. The van der Waals surface area contributed by atoms with Crippen molar-refractivity contribution in [3.05, 3.63) is 58.8 Å². The fraction of sp³-hybridized carbons (Fsp3) is 0.105. The maximum atomic E-state index is 12.5. The van der Waals surface area contributed by atoms with Gasteiger partial charge in [0.05, 0.1) is 5.39 Å². The van der Waals surface area contributed by atoms with Crippen LogP contribution in [0.3, 0.4) is 0 Å². The number of fused-ring (bicyclic) bond motifs is 1. The number of nitrogens with one attached hydrogen (secondary N) is 1. The zero-order valence-corrected chi connectivity index (χ0v) is 13.7. The minimum atomic E-state index is -1.26. The number of hydrogen-bond donors (Lipinski definition) is 3. The Labute approximate surface area is 147 Å². The van der Waals surface area contributed by atoms with Crippen molar-refractivity contribution in [3.8, 4) is 17.1 Å². The van der Waals surface area contributed by atoms with Crippen LogP contribution in [0.15, 0.2) is 57.7 Å². The molecule has 1 aromatic heterocycles. The summed E-state index contributed by atoms with van der Waals surface area (Å²) in [6, 6.07) is 13.0. The number of hydrogen-bond acceptors (Lipinski definition) is 5.